The maximum atomic E-state index is 12.1. The third-order valence-electron chi connectivity index (χ3n) is 3.84. The lowest BCUT2D eigenvalue weighted by Crippen LogP contribution is -2.48. The van der Waals surface area contributed by atoms with E-state index in [1.54, 1.807) is 17.0 Å². The van der Waals surface area contributed by atoms with Crippen molar-refractivity contribution in [3.05, 3.63) is 22.7 Å². The molecule has 2 rings (SSSR count). The van der Waals surface area contributed by atoms with Gasteiger partial charge in [-0.3, -0.25) is 4.79 Å². The summed E-state index contributed by atoms with van der Waals surface area (Å²) in [7, 11) is 0. The first-order valence-corrected chi connectivity index (χ1v) is 6.74. The summed E-state index contributed by atoms with van der Waals surface area (Å²) >= 11 is 0. The number of hydrogen-bond acceptors (Lipinski definition) is 4. The zero-order valence-electron chi connectivity index (χ0n) is 11.0. The van der Waals surface area contributed by atoms with E-state index in [1.807, 2.05) is 6.92 Å². The Bertz CT molecular complexity index is 449. The molecule has 1 aliphatic rings. The highest BCUT2D eigenvalue weighted by molar-refractivity contribution is 5.35. The van der Waals surface area contributed by atoms with Gasteiger partial charge in [0.1, 0.15) is 0 Å². The fourth-order valence-corrected chi connectivity index (χ4v) is 2.64. The van der Waals surface area contributed by atoms with E-state index in [2.05, 4.69) is 10.3 Å². The third-order valence-corrected chi connectivity index (χ3v) is 3.84. The Hall–Kier alpha value is -1.36. The van der Waals surface area contributed by atoms with Gasteiger partial charge in [0, 0.05) is 25.5 Å². The Morgan fingerprint density at radius 3 is 2.78 bits per heavy atom. The fourth-order valence-electron chi connectivity index (χ4n) is 2.64. The summed E-state index contributed by atoms with van der Waals surface area (Å²) in [5, 5.41) is 3.32. The normalized spacial score (nSPS) is 18.6. The first-order valence-electron chi connectivity index (χ1n) is 6.74. The van der Waals surface area contributed by atoms with Crippen molar-refractivity contribution in [1.29, 1.82) is 0 Å². The summed E-state index contributed by atoms with van der Waals surface area (Å²) < 4.78 is 1.66. The van der Waals surface area contributed by atoms with Crippen LogP contribution in [0.2, 0.25) is 0 Å². The molecule has 1 aliphatic carbocycles. The fraction of sp³-hybridized carbons (Fsp3) is 0.692. The van der Waals surface area contributed by atoms with Gasteiger partial charge in [0.2, 0.25) is 0 Å². The van der Waals surface area contributed by atoms with Crippen molar-refractivity contribution in [3.63, 3.8) is 0 Å². The SMILES string of the molecule is CCn1ccnc(NC2(CN)CCCCC2)c1=O. The number of nitrogens with zero attached hydrogens (tertiary/aromatic N) is 2. The molecule has 0 aliphatic heterocycles. The summed E-state index contributed by atoms with van der Waals surface area (Å²) in [6.45, 7) is 3.16. The van der Waals surface area contributed by atoms with Gasteiger partial charge in [0.15, 0.2) is 5.82 Å². The van der Waals surface area contributed by atoms with Crippen molar-refractivity contribution in [2.24, 2.45) is 5.73 Å². The van der Waals surface area contributed by atoms with E-state index in [0.717, 1.165) is 12.8 Å². The van der Waals surface area contributed by atoms with Gasteiger partial charge in [-0.15, -0.1) is 0 Å². The van der Waals surface area contributed by atoms with Crippen LogP contribution < -0.4 is 16.6 Å². The molecule has 0 amide bonds. The van der Waals surface area contributed by atoms with E-state index in [4.69, 9.17) is 5.73 Å². The van der Waals surface area contributed by atoms with E-state index in [9.17, 15) is 4.79 Å². The maximum Gasteiger partial charge on any atom is 0.293 e. The number of hydrogen-bond donors (Lipinski definition) is 2. The number of anilines is 1. The first-order chi connectivity index (χ1) is 8.71. The number of nitrogens with two attached hydrogens (primary N) is 1. The molecule has 0 saturated heterocycles. The molecule has 0 spiro atoms. The van der Waals surface area contributed by atoms with E-state index in [-0.39, 0.29) is 11.1 Å². The highest BCUT2D eigenvalue weighted by Crippen LogP contribution is 2.29. The maximum absolute atomic E-state index is 12.1. The highest BCUT2D eigenvalue weighted by atomic mass is 16.1. The number of rotatable bonds is 4. The molecule has 1 aromatic rings. The molecule has 1 fully saturated rings. The van der Waals surface area contributed by atoms with Gasteiger partial charge in [-0.05, 0) is 19.8 Å². The van der Waals surface area contributed by atoms with E-state index >= 15 is 0 Å². The minimum absolute atomic E-state index is 0.0570. The van der Waals surface area contributed by atoms with Gasteiger partial charge in [-0.25, -0.2) is 4.98 Å². The Labute approximate surface area is 107 Å². The molecule has 0 bridgehead atoms. The zero-order valence-corrected chi connectivity index (χ0v) is 11.0. The molecule has 5 nitrogen and oxygen atoms in total. The molecule has 1 aromatic heterocycles. The average Bonchev–Trinajstić information content (AvgIpc) is 2.42. The Balaban J connectivity index is 2.24. The topological polar surface area (TPSA) is 72.9 Å². The van der Waals surface area contributed by atoms with Crippen molar-refractivity contribution in [2.75, 3.05) is 11.9 Å². The summed E-state index contributed by atoms with van der Waals surface area (Å²) in [5.74, 6) is 0.437. The van der Waals surface area contributed by atoms with Crippen LogP contribution in [0.15, 0.2) is 17.2 Å². The van der Waals surface area contributed by atoms with Crippen LogP contribution in [-0.2, 0) is 6.54 Å². The quantitative estimate of drug-likeness (QED) is 0.845. The molecule has 3 N–H and O–H groups in total. The predicted octanol–water partition coefficient (Wildman–Crippen LogP) is 1.34. The van der Waals surface area contributed by atoms with Crippen LogP contribution in [0, 0.1) is 0 Å². The largest absolute Gasteiger partial charge is 0.359 e. The molecule has 1 heterocycles. The summed E-state index contributed by atoms with van der Waals surface area (Å²) in [5.41, 5.74) is 5.71. The second kappa shape index (κ2) is 5.52. The minimum Gasteiger partial charge on any atom is -0.359 e. The molecule has 5 heteroatoms. The molecule has 0 aromatic carbocycles. The number of nitrogens with one attached hydrogen (secondary N) is 1. The summed E-state index contributed by atoms with van der Waals surface area (Å²) in [4.78, 5) is 16.3. The van der Waals surface area contributed by atoms with Gasteiger partial charge < -0.3 is 15.6 Å². The van der Waals surface area contributed by atoms with Crippen molar-refractivity contribution in [3.8, 4) is 0 Å². The lowest BCUT2D eigenvalue weighted by atomic mass is 9.82. The van der Waals surface area contributed by atoms with Gasteiger partial charge >= 0.3 is 0 Å². The van der Waals surface area contributed by atoms with Crippen molar-refractivity contribution in [1.82, 2.24) is 9.55 Å². The summed E-state index contributed by atoms with van der Waals surface area (Å²) in [6, 6.07) is 0. The van der Waals surface area contributed by atoms with Crippen molar-refractivity contribution in [2.45, 2.75) is 51.1 Å². The molecule has 0 radical (unpaired) electrons. The molecule has 18 heavy (non-hydrogen) atoms. The van der Waals surface area contributed by atoms with Crippen LogP contribution in [-0.4, -0.2) is 21.6 Å². The van der Waals surface area contributed by atoms with Crippen molar-refractivity contribution < 1.29 is 0 Å². The Morgan fingerprint density at radius 2 is 2.17 bits per heavy atom. The lowest BCUT2D eigenvalue weighted by Gasteiger charge is -2.37. The third kappa shape index (κ3) is 2.56. The van der Waals surface area contributed by atoms with Crippen LogP contribution in [0.4, 0.5) is 5.82 Å². The van der Waals surface area contributed by atoms with Crippen molar-refractivity contribution >= 4 is 5.82 Å². The Morgan fingerprint density at radius 1 is 1.44 bits per heavy atom. The Kier molecular flexibility index (Phi) is 4.01. The second-order valence-corrected chi connectivity index (χ2v) is 5.04. The second-order valence-electron chi connectivity index (χ2n) is 5.04. The van der Waals surface area contributed by atoms with Crippen LogP contribution in [0.3, 0.4) is 0 Å². The molecule has 100 valence electrons. The van der Waals surface area contributed by atoms with E-state index < -0.39 is 0 Å². The lowest BCUT2D eigenvalue weighted by molar-refractivity contribution is 0.329. The number of aryl methyl sites for hydroxylation is 1. The number of aromatic nitrogens is 2. The van der Waals surface area contributed by atoms with Crippen LogP contribution in [0.1, 0.15) is 39.0 Å². The van der Waals surface area contributed by atoms with Gasteiger partial charge in [0.05, 0.1) is 5.54 Å². The predicted molar refractivity (Wildman–Crippen MR) is 72.7 cm³/mol. The standard InChI is InChI=1S/C13H22N4O/c1-2-17-9-8-15-11(12(17)18)16-13(10-14)6-4-3-5-7-13/h8-9H,2-7,10,14H2,1H3,(H,15,16). The van der Waals surface area contributed by atoms with Crippen LogP contribution >= 0.6 is 0 Å². The minimum atomic E-state index is -0.142. The van der Waals surface area contributed by atoms with Crippen LogP contribution in [0.5, 0.6) is 0 Å². The monoisotopic (exact) mass is 250 g/mol. The van der Waals surface area contributed by atoms with Gasteiger partial charge in [-0.2, -0.15) is 0 Å². The first kappa shape index (κ1) is 13.1. The van der Waals surface area contributed by atoms with E-state index in [1.165, 1.54) is 19.3 Å². The average molecular weight is 250 g/mol. The van der Waals surface area contributed by atoms with Gasteiger partial charge in [0.25, 0.3) is 5.56 Å². The zero-order chi connectivity index (χ0) is 13.0. The molecule has 0 atom stereocenters. The highest BCUT2D eigenvalue weighted by Gasteiger charge is 2.31. The molecule has 1 saturated carbocycles. The smallest absolute Gasteiger partial charge is 0.293 e. The molecular formula is C13H22N4O. The van der Waals surface area contributed by atoms with E-state index in [0.29, 0.717) is 18.9 Å². The van der Waals surface area contributed by atoms with Crippen LogP contribution in [0.25, 0.3) is 0 Å². The summed E-state index contributed by atoms with van der Waals surface area (Å²) in [6.07, 6.45) is 9.00. The molecule has 0 unspecified atom stereocenters. The molecular weight excluding hydrogens is 228 g/mol. The van der Waals surface area contributed by atoms with Gasteiger partial charge in [-0.1, -0.05) is 19.3 Å².